The van der Waals surface area contributed by atoms with Crippen LogP contribution >= 0.6 is 0 Å². The molecule has 3 nitrogen and oxygen atoms in total. The van der Waals surface area contributed by atoms with Crippen LogP contribution in [0.1, 0.15) is 34.6 Å². The topological polar surface area (TPSA) is 43.4 Å². The summed E-state index contributed by atoms with van der Waals surface area (Å²) in [5, 5.41) is 0. The Morgan fingerprint density at radius 1 is 0.882 bits per heavy atom. The number of ketones is 2. The second-order valence-corrected chi connectivity index (χ2v) is 3.39. The fourth-order valence-corrected chi connectivity index (χ4v) is 1.45. The minimum atomic E-state index is -0.0924. The molecule has 0 aromatic heterocycles. The van der Waals surface area contributed by atoms with Gasteiger partial charge in [-0.2, -0.15) is 0 Å². The van der Waals surface area contributed by atoms with Crippen LogP contribution in [0.2, 0.25) is 0 Å². The predicted molar refractivity (Wildman–Crippen MR) is 66.4 cm³/mol. The van der Waals surface area contributed by atoms with Crippen molar-refractivity contribution in [3.8, 4) is 0 Å². The van der Waals surface area contributed by atoms with Gasteiger partial charge in [0.1, 0.15) is 0 Å². The van der Waals surface area contributed by atoms with Gasteiger partial charge in [-0.15, -0.1) is 0 Å². The van der Waals surface area contributed by atoms with E-state index in [0.717, 1.165) is 13.2 Å². The van der Waals surface area contributed by atoms with Gasteiger partial charge in [-0.3, -0.25) is 9.59 Å². The number of hydrogen-bond acceptors (Lipinski definition) is 3. The van der Waals surface area contributed by atoms with Crippen molar-refractivity contribution in [2.75, 3.05) is 13.2 Å². The summed E-state index contributed by atoms with van der Waals surface area (Å²) in [5.41, 5.74) is 1.01. The first kappa shape index (κ1) is 13.3. The van der Waals surface area contributed by atoms with Crippen molar-refractivity contribution < 1.29 is 14.3 Å². The van der Waals surface area contributed by atoms with Gasteiger partial charge >= 0.3 is 0 Å². The van der Waals surface area contributed by atoms with Gasteiger partial charge in [0, 0.05) is 24.3 Å². The average molecular weight is 232 g/mol. The Morgan fingerprint density at radius 2 is 1.29 bits per heavy atom. The van der Waals surface area contributed by atoms with Gasteiger partial charge in [-0.25, -0.2) is 0 Å². The van der Waals surface area contributed by atoms with E-state index < -0.39 is 0 Å². The molecule has 90 valence electrons. The molecule has 17 heavy (non-hydrogen) atoms. The average Bonchev–Trinajstić information content (AvgIpc) is 2.36. The number of fused-ring (bicyclic) bond motifs is 1. The molecule has 3 heteroatoms. The molecule has 0 atom stereocenters. The minimum absolute atomic E-state index is 0.0924. The maximum atomic E-state index is 11.2. The zero-order valence-electron chi connectivity index (χ0n) is 10.1. The van der Waals surface area contributed by atoms with E-state index >= 15 is 0 Å². The van der Waals surface area contributed by atoms with E-state index in [1.165, 1.54) is 12.2 Å². The van der Waals surface area contributed by atoms with Crippen molar-refractivity contribution in [1.29, 1.82) is 0 Å². The molecule has 0 fully saturated rings. The molecule has 0 saturated heterocycles. The van der Waals surface area contributed by atoms with Crippen LogP contribution < -0.4 is 0 Å². The van der Waals surface area contributed by atoms with Crippen LogP contribution in [-0.4, -0.2) is 24.8 Å². The largest absolute Gasteiger partial charge is 0.382 e. The summed E-state index contributed by atoms with van der Waals surface area (Å²) in [6, 6.07) is 6.84. The van der Waals surface area contributed by atoms with Gasteiger partial charge in [0.15, 0.2) is 11.6 Å². The maximum Gasteiger partial charge on any atom is 0.186 e. The lowest BCUT2D eigenvalue weighted by Crippen LogP contribution is -2.10. The summed E-state index contributed by atoms with van der Waals surface area (Å²) in [6.07, 6.45) is 2.62. The lowest BCUT2D eigenvalue weighted by Gasteiger charge is -2.06. The molecule has 0 saturated carbocycles. The molecule has 1 aromatic rings. The molecule has 0 unspecified atom stereocenters. The lowest BCUT2D eigenvalue weighted by molar-refractivity contribution is 0.0994. The Bertz CT molecular complexity index is 394. The van der Waals surface area contributed by atoms with E-state index in [4.69, 9.17) is 4.74 Å². The molecule has 0 radical (unpaired) electrons. The van der Waals surface area contributed by atoms with Gasteiger partial charge in [0.05, 0.1) is 0 Å². The molecular formula is C14H16O3. The third-order valence-corrected chi connectivity index (χ3v) is 2.25. The number of allylic oxidation sites excluding steroid dienone is 2. The van der Waals surface area contributed by atoms with Crippen LogP contribution in [0.3, 0.4) is 0 Å². The Balaban J connectivity index is 0.000000249. The van der Waals surface area contributed by atoms with Gasteiger partial charge in [0.25, 0.3) is 0 Å². The van der Waals surface area contributed by atoms with Crippen LogP contribution in [0.4, 0.5) is 0 Å². The van der Waals surface area contributed by atoms with Crippen LogP contribution in [0.5, 0.6) is 0 Å². The van der Waals surface area contributed by atoms with Crippen molar-refractivity contribution in [3.63, 3.8) is 0 Å². The Hall–Kier alpha value is -1.74. The van der Waals surface area contributed by atoms with Crippen LogP contribution in [0.25, 0.3) is 0 Å². The molecule has 1 aliphatic rings. The molecular weight excluding hydrogens is 216 g/mol. The van der Waals surface area contributed by atoms with E-state index in [1.54, 1.807) is 24.3 Å². The monoisotopic (exact) mass is 232 g/mol. The van der Waals surface area contributed by atoms with E-state index in [2.05, 4.69) is 0 Å². The zero-order valence-corrected chi connectivity index (χ0v) is 10.1. The normalized spacial score (nSPS) is 12.8. The van der Waals surface area contributed by atoms with Crippen molar-refractivity contribution in [2.45, 2.75) is 13.8 Å². The molecule has 0 aliphatic heterocycles. The molecule has 0 N–H and O–H groups in total. The van der Waals surface area contributed by atoms with E-state index in [-0.39, 0.29) is 11.6 Å². The second-order valence-electron chi connectivity index (χ2n) is 3.39. The smallest absolute Gasteiger partial charge is 0.186 e. The summed E-state index contributed by atoms with van der Waals surface area (Å²) < 4.78 is 4.83. The van der Waals surface area contributed by atoms with Crippen molar-refractivity contribution in [3.05, 3.63) is 47.5 Å². The first-order valence-corrected chi connectivity index (χ1v) is 5.64. The fraction of sp³-hybridized carbons (Fsp3) is 0.286. The first-order valence-electron chi connectivity index (χ1n) is 5.64. The highest BCUT2D eigenvalue weighted by Gasteiger charge is 2.16. The number of ether oxygens (including phenoxy) is 1. The Labute approximate surface area is 101 Å². The molecule has 1 aromatic carbocycles. The number of carbonyl (C=O) groups excluding carboxylic acids is 2. The third kappa shape index (κ3) is 3.64. The first-order chi connectivity index (χ1) is 8.20. The number of benzene rings is 1. The minimum Gasteiger partial charge on any atom is -0.382 e. The van der Waals surface area contributed by atoms with Crippen molar-refractivity contribution in [1.82, 2.24) is 0 Å². The molecule has 0 spiro atoms. The van der Waals surface area contributed by atoms with E-state index in [1.807, 2.05) is 13.8 Å². The fourth-order valence-electron chi connectivity index (χ4n) is 1.45. The highest BCUT2D eigenvalue weighted by molar-refractivity contribution is 6.21. The SMILES string of the molecule is CCOCC.O=C1C=CC(=O)c2ccccc21. The quantitative estimate of drug-likeness (QED) is 0.787. The molecule has 0 heterocycles. The van der Waals surface area contributed by atoms with Gasteiger partial charge in [0.2, 0.25) is 0 Å². The second kappa shape index (κ2) is 6.76. The molecule has 0 amide bonds. The maximum absolute atomic E-state index is 11.2. The number of rotatable bonds is 2. The van der Waals surface area contributed by atoms with Crippen LogP contribution in [0, 0.1) is 0 Å². The van der Waals surface area contributed by atoms with Crippen LogP contribution in [-0.2, 0) is 4.74 Å². The lowest BCUT2D eigenvalue weighted by atomic mass is 9.95. The Kier molecular flexibility index (Phi) is 5.30. The Morgan fingerprint density at radius 3 is 1.59 bits per heavy atom. The summed E-state index contributed by atoms with van der Waals surface area (Å²) >= 11 is 0. The van der Waals surface area contributed by atoms with Crippen molar-refractivity contribution >= 4 is 11.6 Å². The van der Waals surface area contributed by atoms with Gasteiger partial charge in [-0.1, -0.05) is 24.3 Å². The van der Waals surface area contributed by atoms with Crippen LogP contribution in [0.15, 0.2) is 36.4 Å². The van der Waals surface area contributed by atoms with E-state index in [9.17, 15) is 9.59 Å². The summed E-state index contributed by atoms with van der Waals surface area (Å²) in [4.78, 5) is 22.4. The summed E-state index contributed by atoms with van der Waals surface area (Å²) in [7, 11) is 0. The number of hydrogen-bond donors (Lipinski definition) is 0. The third-order valence-electron chi connectivity index (χ3n) is 2.25. The highest BCUT2D eigenvalue weighted by Crippen LogP contribution is 2.15. The van der Waals surface area contributed by atoms with Gasteiger partial charge in [-0.05, 0) is 26.0 Å². The van der Waals surface area contributed by atoms with Crippen molar-refractivity contribution in [2.24, 2.45) is 0 Å². The summed E-state index contributed by atoms with van der Waals surface area (Å²) in [5.74, 6) is -0.185. The standard InChI is InChI=1S/C10H6O2.C4H10O/c11-9-5-6-10(12)8-4-2-1-3-7(8)9;1-3-5-4-2/h1-6H;3-4H2,1-2H3. The van der Waals surface area contributed by atoms with Gasteiger partial charge < -0.3 is 4.74 Å². The number of carbonyl (C=O) groups is 2. The molecule has 2 rings (SSSR count). The molecule has 0 bridgehead atoms. The summed E-state index contributed by atoms with van der Waals surface area (Å²) in [6.45, 7) is 5.67. The highest BCUT2D eigenvalue weighted by atomic mass is 16.5. The zero-order chi connectivity index (χ0) is 12.7. The van der Waals surface area contributed by atoms with E-state index in [0.29, 0.717) is 11.1 Å². The molecule has 1 aliphatic carbocycles. The predicted octanol–water partition coefficient (Wildman–Crippen LogP) is 2.66.